The van der Waals surface area contributed by atoms with Crippen molar-refractivity contribution in [2.24, 2.45) is 0 Å². The molecule has 0 N–H and O–H groups in total. The van der Waals surface area contributed by atoms with Gasteiger partial charge in [0.05, 0.1) is 0 Å². The van der Waals surface area contributed by atoms with E-state index >= 15 is 0 Å². The molecule has 1 aliphatic carbocycles. The molecule has 134 valence electrons. The Labute approximate surface area is 164 Å². The van der Waals surface area contributed by atoms with Gasteiger partial charge in [-0.3, -0.25) is 4.79 Å². The number of nitrogens with zero attached hydrogens (tertiary/aromatic N) is 1. The van der Waals surface area contributed by atoms with Gasteiger partial charge >= 0.3 is 0 Å². The summed E-state index contributed by atoms with van der Waals surface area (Å²) in [5, 5.41) is -0.328. The van der Waals surface area contributed by atoms with E-state index in [4.69, 9.17) is 11.6 Å². The van der Waals surface area contributed by atoms with Crippen LogP contribution >= 0.6 is 23.4 Å². The SMILES string of the molecule is CSc1ccc(C=C2C(C)=C(CC(=O)Cl)c3cc(N(C)C)ccc32)cc1. The van der Waals surface area contributed by atoms with Crippen molar-refractivity contribution in [1.82, 2.24) is 0 Å². The summed E-state index contributed by atoms with van der Waals surface area (Å²) in [5.41, 5.74) is 7.84. The Bertz CT molecular complexity index is 910. The van der Waals surface area contributed by atoms with Gasteiger partial charge in [0, 0.05) is 31.1 Å². The summed E-state index contributed by atoms with van der Waals surface area (Å²) in [6.07, 6.45) is 4.52. The molecule has 2 aromatic carbocycles. The summed E-state index contributed by atoms with van der Waals surface area (Å²) < 4.78 is 0. The van der Waals surface area contributed by atoms with Crippen LogP contribution in [0.15, 0.2) is 52.9 Å². The normalized spacial score (nSPS) is 14.7. The van der Waals surface area contributed by atoms with Crippen LogP contribution in [0.25, 0.3) is 17.2 Å². The number of carbonyl (C=O) groups is 1. The van der Waals surface area contributed by atoms with E-state index in [1.54, 1.807) is 11.8 Å². The first kappa shape index (κ1) is 18.8. The van der Waals surface area contributed by atoms with E-state index in [0.29, 0.717) is 0 Å². The summed E-state index contributed by atoms with van der Waals surface area (Å²) in [7, 11) is 4.04. The van der Waals surface area contributed by atoms with E-state index in [0.717, 1.165) is 39.1 Å². The molecule has 2 nitrogen and oxygen atoms in total. The molecule has 2 aromatic rings. The predicted octanol–water partition coefficient (Wildman–Crippen LogP) is 5.96. The van der Waals surface area contributed by atoms with E-state index in [1.807, 2.05) is 14.1 Å². The van der Waals surface area contributed by atoms with Gasteiger partial charge in [0.25, 0.3) is 0 Å². The van der Waals surface area contributed by atoms with Crippen LogP contribution < -0.4 is 4.90 Å². The van der Waals surface area contributed by atoms with Gasteiger partial charge in [0.2, 0.25) is 5.24 Å². The van der Waals surface area contributed by atoms with Gasteiger partial charge in [-0.1, -0.05) is 18.2 Å². The largest absolute Gasteiger partial charge is 0.378 e. The molecule has 0 aliphatic heterocycles. The van der Waals surface area contributed by atoms with Gasteiger partial charge in [0.1, 0.15) is 0 Å². The predicted molar refractivity (Wildman–Crippen MR) is 115 cm³/mol. The fourth-order valence-electron chi connectivity index (χ4n) is 3.28. The van der Waals surface area contributed by atoms with Crippen LogP contribution in [0, 0.1) is 0 Å². The molecule has 0 fully saturated rings. The zero-order valence-corrected chi connectivity index (χ0v) is 17.0. The zero-order chi connectivity index (χ0) is 18.8. The number of anilines is 1. The topological polar surface area (TPSA) is 20.3 Å². The number of benzene rings is 2. The monoisotopic (exact) mass is 383 g/mol. The van der Waals surface area contributed by atoms with Crippen LogP contribution in [0.3, 0.4) is 0 Å². The number of thioether (sulfide) groups is 1. The number of hydrogen-bond donors (Lipinski definition) is 0. The molecule has 0 saturated carbocycles. The second-order valence-electron chi connectivity index (χ2n) is 6.59. The lowest BCUT2D eigenvalue weighted by Gasteiger charge is -2.15. The maximum atomic E-state index is 11.6. The molecule has 26 heavy (non-hydrogen) atoms. The number of halogens is 1. The average molecular weight is 384 g/mol. The van der Waals surface area contributed by atoms with Gasteiger partial charge in [-0.25, -0.2) is 0 Å². The second kappa shape index (κ2) is 7.73. The minimum absolute atomic E-state index is 0.250. The van der Waals surface area contributed by atoms with Gasteiger partial charge in [-0.2, -0.15) is 0 Å². The van der Waals surface area contributed by atoms with Gasteiger partial charge in [-0.15, -0.1) is 11.8 Å². The Morgan fingerprint density at radius 2 is 1.81 bits per heavy atom. The molecule has 4 heteroatoms. The maximum absolute atomic E-state index is 11.6. The Morgan fingerprint density at radius 1 is 1.12 bits per heavy atom. The smallest absolute Gasteiger partial charge is 0.226 e. The van der Waals surface area contributed by atoms with Gasteiger partial charge < -0.3 is 4.90 Å². The number of hydrogen-bond acceptors (Lipinski definition) is 3. The molecule has 0 amide bonds. The summed E-state index contributed by atoms with van der Waals surface area (Å²) in [5.74, 6) is 0. The van der Waals surface area contributed by atoms with Gasteiger partial charge in [0.15, 0.2) is 0 Å². The van der Waals surface area contributed by atoms with Crippen LogP contribution in [0.4, 0.5) is 5.69 Å². The standard InChI is InChI=1S/C22H22ClNOS/c1-14-19(11-15-5-8-17(26-4)9-6-15)18-10-7-16(24(2)3)12-21(18)20(14)13-22(23)25/h5-12H,13H2,1-4H3. The molecule has 0 heterocycles. The Balaban J connectivity index is 2.12. The Morgan fingerprint density at radius 3 is 2.38 bits per heavy atom. The molecule has 0 saturated heterocycles. The highest BCUT2D eigenvalue weighted by Crippen LogP contribution is 2.45. The third-order valence-corrected chi connectivity index (χ3v) is 5.61. The Hall–Kier alpha value is -1.97. The Kier molecular flexibility index (Phi) is 5.59. The molecule has 0 unspecified atom stereocenters. The second-order valence-corrected chi connectivity index (χ2v) is 7.89. The quantitative estimate of drug-likeness (QED) is 0.469. The lowest BCUT2D eigenvalue weighted by Crippen LogP contribution is -2.08. The van der Waals surface area contributed by atoms with Crippen molar-refractivity contribution in [1.29, 1.82) is 0 Å². The van der Waals surface area contributed by atoms with Crippen LogP contribution in [-0.2, 0) is 4.79 Å². The highest BCUT2D eigenvalue weighted by atomic mass is 35.5. The average Bonchev–Trinajstić information content (AvgIpc) is 2.87. The van der Waals surface area contributed by atoms with Crippen molar-refractivity contribution in [2.45, 2.75) is 18.2 Å². The van der Waals surface area contributed by atoms with Crippen molar-refractivity contribution >= 4 is 51.5 Å². The third-order valence-electron chi connectivity index (χ3n) is 4.73. The number of rotatable bonds is 5. The molecule has 0 atom stereocenters. The molecule has 1 aliphatic rings. The molecule has 0 spiro atoms. The number of allylic oxidation sites excluding steroid dienone is 3. The first-order chi connectivity index (χ1) is 12.4. The zero-order valence-electron chi connectivity index (χ0n) is 15.5. The molecular formula is C22H22ClNOS. The number of fused-ring (bicyclic) bond motifs is 1. The van der Waals surface area contributed by atoms with Crippen molar-refractivity contribution in [2.75, 3.05) is 25.3 Å². The van der Waals surface area contributed by atoms with E-state index < -0.39 is 0 Å². The fourth-order valence-corrected chi connectivity index (χ4v) is 3.82. The highest BCUT2D eigenvalue weighted by molar-refractivity contribution is 7.98. The van der Waals surface area contributed by atoms with E-state index in [9.17, 15) is 4.79 Å². The number of carbonyl (C=O) groups excluding carboxylic acids is 1. The first-order valence-electron chi connectivity index (χ1n) is 8.47. The summed E-state index contributed by atoms with van der Waals surface area (Å²) in [4.78, 5) is 14.9. The molecular weight excluding hydrogens is 362 g/mol. The summed E-state index contributed by atoms with van der Waals surface area (Å²) >= 11 is 7.46. The molecule has 0 radical (unpaired) electrons. The van der Waals surface area contributed by atoms with E-state index in [1.165, 1.54) is 4.90 Å². The maximum Gasteiger partial charge on any atom is 0.226 e. The molecule has 0 aromatic heterocycles. The van der Waals surface area contributed by atoms with Crippen molar-refractivity contribution < 1.29 is 4.79 Å². The van der Waals surface area contributed by atoms with Crippen LogP contribution in [-0.4, -0.2) is 25.6 Å². The minimum Gasteiger partial charge on any atom is -0.378 e. The lowest BCUT2D eigenvalue weighted by molar-refractivity contribution is -0.110. The molecule has 3 rings (SSSR count). The van der Waals surface area contributed by atoms with Crippen molar-refractivity contribution in [3.05, 3.63) is 64.7 Å². The van der Waals surface area contributed by atoms with Crippen molar-refractivity contribution in [3.8, 4) is 0 Å². The first-order valence-corrected chi connectivity index (χ1v) is 10.1. The summed E-state index contributed by atoms with van der Waals surface area (Å²) in [6, 6.07) is 14.9. The summed E-state index contributed by atoms with van der Waals surface area (Å²) in [6.45, 7) is 2.08. The van der Waals surface area contributed by atoms with E-state index in [-0.39, 0.29) is 11.7 Å². The van der Waals surface area contributed by atoms with Gasteiger partial charge in [-0.05, 0) is 88.5 Å². The van der Waals surface area contributed by atoms with Crippen LogP contribution in [0.2, 0.25) is 0 Å². The van der Waals surface area contributed by atoms with Crippen molar-refractivity contribution in [3.63, 3.8) is 0 Å². The van der Waals surface area contributed by atoms with Crippen LogP contribution in [0.1, 0.15) is 30.0 Å². The minimum atomic E-state index is -0.328. The lowest BCUT2D eigenvalue weighted by atomic mass is 10.00. The third kappa shape index (κ3) is 3.74. The highest BCUT2D eigenvalue weighted by Gasteiger charge is 2.25. The van der Waals surface area contributed by atoms with Crippen LogP contribution in [0.5, 0.6) is 0 Å². The molecule has 0 bridgehead atoms. The fraction of sp³-hybridized carbons (Fsp3) is 0.227. The van der Waals surface area contributed by atoms with E-state index in [2.05, 4.69) is 66.6 Å².